The summed E-state index contributed by atoms with van der Waals surface area (Å²) < 4.78 is 90.5. The fraction of sp³-hybridized carbons (Fsp3) is 0.958. The zero-order valence-corrected chi connectivity index (χ0v) is 30.2. The van der Waals surface area contributed by atoms with Gasteiger partial charge in [0.2, 0.25) is 5.65 Å². The molecule has 0 aromatic rings. The first kappa shape index (κ1) is 40.3. The molecule has 7 atom stereocenters. The fourth-order valence-electron chi connectivity index (χ4n) is 4.69. The zero-order valence-electron chi connectivity index (χ0n) is 26.6. The van der Waals surface area contributed by atoms with Gasteiger partial charge in [0.1, 0.15) is 12.3 Å². The van der Waals surface area contributed by atoms with E-state index in [1.165, 1.54) is 0 Å². The number of amides is 1. The van der Waals surface area contributed by atoms with E-state index in [0.717, 1.165) is 54.1 Å². The monoisotopic (exact) mass is 714 g/mol. The number of hydrogen-bond acceptors (Lipinski definition) is 15. The van der Waals surface area contributed by atoms with Crippen LogP contribution in [0.1, 0.15) is 52.4 Å². The topological polar surface area (TPSA) is 199 Å². The van der Waals surface area contributed by atoms with Crippen LogP contribution in [0.2, 0.25) is 0 Å². The summed E-state index contributed by atoms with van der Waals surface area (Å²) >= 11 is 0. The minimum absolute atomic E-state index is 0.0312. The minimum Gasteiger partial charge on any atom is -0.378 e. The molecule has 2 fully saturated rings. The first-order valence-corrected chi connectivity index (χ1v) is 20.8. The third kappa shape index (κ3) is 13.3. The molecule has 0 aromatic carbocycles. The predicted molar refractivity (Wildman–Crippen MR) is 164 cm³/mol. The summed E-state index contributed by atoms with van der Waals surface area (Å²) in [5.74, 6) is 0.329. The molecule has 0 spiro atoms. The van der Waals surface area contributed by atoms with Crippen LogP contribution in [0.25, 0.3) is 0 Å². The Morgan fingerprint density at radius 1 is 0.977 bits per heavy atom. The van der Waals surface area contributed by atoms with Crippen molar-refractivity contribution in [3.63, 3.8) is 0 Å². The van der Waals surface area contributed by atoms with E-state index in [2.05, 4.69) is 14.4 Å². The zero-order chi connectivity index (χ0) is 33.0. The molecule has 2 aliphatic rings. The first-order chi connectivity index (χ1) is 20.7. The highest BCUT2D eigenvalue weighted by molar-refractivity contribution is 7.74. The van der Waals surface area contributed by atoms with Gasteiger partial charge in [0.15, 0.2) is 0 Å². The van der Waals surface area contributed by atoms with Gasteiger partial charge in [0.25, 0.3) is 0 Å². The molecule has 0 bridgehead atoms. The summed E-state index contributed by atoms with van der Waals surface area (Å²) in [6.45, 7) is 6.31. The van der Waals surface area contributed by atoms with Gasteiger partial charge in [-0.2, -0.15) is 8.62 Å². The van der Waals surface area contributed by atoms with Gasteiger partial charge in [-0.05, 0) is 53.4 Å². The van der Waals surface area contributed by atoms with Gasteiger partial charge >= 0.3 is 23.5 Å². The maximum Gasteiger partial charge on any atom is 0.492 e. The van der Waals surface area contributed by atoms with Crippen LogP contribution in [0.4, 0.5) is 4.79 Å². The van der Waals surface area contributed by atoms with Crippen LogP contribution >= 0.6 is 31.4 Å². The van der Waals surface area contributed by atoms with Crippen molar-refractivity contribution in [2.45, 2.75) is 83.0 Å². The highest BCUT2D eigenvalue weighted by Crippen LogP contribution is 2.72. The van der Waals surface area contributed by atoms with E-state index in [1.54, 1.807) is 0 Å². The Kier molecular flexibility index (Phi) is 17.6. The molecule has 1 heterocycles. The summed E-state index contributed by atoms with van der Waals surface area (Å²) in [7, 11) is -10.8. The van der Waals surface area contributed by atoms with Crippen LogP contribution in [0.3, 0.4) is 0 Å². The largest absolute Gasteiger partial charge is 0.492 e. The summed E-state index contributed by atoms with van der Waals surface area (Å²) in [6.07, 6.45) is 3.76. The Balaban J connectivity index is 1.99. The number of nitrogens with two attached hydrogens (primary N) is 1. The van der Waals surface area contributed by atoms with Gasteiger partial charge in [-0.1, -0.05) is 12.8 Å². The van der Waals surface area contributed by atoms with Crippen molar-refractivity contribution in [1.29, 1.82) is 0 Å². The number of carbonyl (C=O) groups excluding carboxylic acids is 1. The van der Waals surface area contributed by atoms with Crippen LogP contribution < -0.4 is 11.1 Å². The van der Waals surface area contributed by atoms with E-state index in [0.29, 0.717) is 38.1 Å². The molecule has 3 N–H and O–H groups in total. The summed E-state index contributed by atoms with van der Waals surface area (Å²) in [6, 6.07) is 0. The summed E-state index contributed by atoms with van der Waals surface area (Å²) in [5.41, 5.74) is 6.24. The molecule has 7 unspecified atom stereocenters. The second-order valence-corrected chi connectivity index (χ2v) is 18.6. The number of carbonyl (C=O) groups is 1. The SMILES string of the molecule is COP(=O)(OC)OP(=O)(OC)OP(=O)(OC)OCC1OC(C2CCCC2)CC1OC(N)CCNC(=O)P(C)CCOC(C)C. The lowest BCUT2D eigenvalue weighted by Gasteiger charge is -2.26. The molecule has 1 aliphatic carbocycles. The predicted octanol–water partition coefficient (Wildman–Crippen LogP) is 5.60. The standard InChI is InChI=1S/C24H50N2O14P4/c1-18(2)35-14-15-41(7)24(27)26-13-12-23(25)38-21-16-20(19-10-8-9-11-19)37-22(21)17-36-43(29,33-5)40-44(30,34-6)39-42(28,31-3)32-4/h18-23H,8-17,25H2,1-7H3,(H,26,27). The van der Waals surface area contributed by atoms with Crippen molar-refractivity contribution >= 4 is 37.0 Å². The lowest BCUT2D eigenvalue weighted by atomic mass is 9.97. The quantitative estimate of drug-likeness (QED) is 0.104. The Hall–Kier alpha value is 0.150. The second kappa shape index (κ2) is 19.2. The van der Waals surface area contributed by atoms with E-state index in [-0.39, 0.29) is 24.5 Å². The smallest absolute Gasteiger partial charge is 0.378 e. The van der Waals surface area contributed by atoms with Crippen molar-refractivity contribution in [3.8, 4) is 0 Å². The number of hydrogen-bond donors (Lipinski definition) is 2. The van der Waals surface area contributed by atoms with Crippen molar-refractivity contribution in [2.24, 2.45) is 11.7 Å². The summed E-state index contributed by atoms with van der Waals surface area (Å²) in [4.78, 5) is 12.5. The van der Waals surface area contributed by atoms with Crippen LogP contribution in [0.5, 0.6) is 0 Å². The molecular weight excluding hydrogens is 664 g/mol. The number of ether oxygens (including phenoxy) is 3. The van der Waals surface area contributed by atoms with Crippen LogP contribution in [-0.4, -0.2) is 97.3 Å². The molecule has 2 rings (SSSR count). The first-order valence-electron chi connectivity index (χ1n) is 14.5. The normalized spacial score (nSPS) is 25.5. The van der Waals surface area contributed by atoms with Gasteiger partial charge in [0, 0.05) is 47.8 Å². The van der Waals surface area contributed by atoms with Gasteiger partial charge in [-0.3, -0.25) is 27.4 Å². The van der Waals surface area contributed by atoms with Crippen LogP contribution in [-0.2, 0) is 59.1 Å². The van der Waals surface area contributed by atoms with E-state index in [4.69, 9.17) is 42.1 Å². The fourth-order valence-corrected chi connectivity index (χ4v) is 10.1. The van der Waals surface area contributed by atoms with Crippen molar-refractivity contribution in [2.75, 3.05) is 61.0 Å². The van der Waals surface area contributed by atoms with Crippen molar-refractivity contribution in [3.05, 3.63) is 0 Å². The van der Waals surface area contributed by atoms with Crippen LogP contribution in [0, 0.1) is 5.92 Å². The average molecular weight is 715 g/mol. The molecule has 44 heavy (non-hydrogen) atoms. The van der Waals surface area contributed by atoms with E-state index in [1.807, 2.05) is 20.5 Å². The molecule has 1 saturated carbocycles. The van der Waals surface area contributed by atoms with Gasteiger partial charge in [-0.25, -0.2) is 13.7 Å². The molecule has 16 nitrogen and oxygen atoms in total. The second-order valence-electron chi connectivity index (χ2n) is 10.6. The number of nitrogens with one attached hydrogen (secondary N) is 1. The molecule has 0 aromatic heterocycles. The van der Waals surface area contributed by atoms with Crippen LogP contribution in [0.15, 0.2) is 0 Å². The maximum absolute atomic E-state index is 13.3. The number of phosphoric ester groups is 2. The Morgan fingerprint density at radius 3 is 2.14 bits per heavy atom. The lowest BCUT2D eigenvalue weighted by molar-refractivity contribution is -0.0773. The maximum atomic E-state index is 13.3. The minimum atomic E-state index is -4.82. The van der Waals surface area contributed by atoms with Gasteiger partial charge < -0.3 is 25.3 Å². The lowest BCUT2D eigenvalue weighted by Crippen LogP contribution is -2.38. The van der Waals surface area contributed by atoms with Crippen molar-refractivity contribution < 1.29 is 63.9 Å². The molecule has 1 amide bonds. The third-order valence-corrected chi connectivity index (χ3v) is 14.3. The number of rotatable bonds is 22. The average Bonchev–Trinajstić information content (AvgIpc) is 3.66. The highest BCUT2D eigenvalue weighted by atomic mass is 31.3. The Morgan fingerprint density at radius 2 is 1.57 bits per heavy atom. The highest BCUT2D eigenvalue weighted by Gasteiger charge is 2.47. The van der Waals surface area contributed by atoms with Gasteiger partial charge in [0.05, 0.1) is 31.5 Å². The Bertz CT molecular complexity index is 1010. The van der Waals surface area contributed by atoms with E-state index in [9.17, 15) is 18.5 Å². The molecular formula is C24H50N2O14P4. The molecule has 260 valence electrons. The molecule has 1 saturated heterocycles. The third-order valence-electron chi connectivity index (χ3n) is 7.13. The van der Waals surface area contributed by atoms with Crippen molar-refractivity contribution in [1.82, 2.24) is 5.32 Å². The van der Waals surface area contributed by atoms with E-state index >= 15 is 0 Å². The molecule has 20 heteroatoms. The summed E-state index contributed by atoms with van der Waals surface area (Å²) in [5, 5.41) is 2.91. The number of phosphoric acid groups is 3. The molecule has 0 radical (unpaired) electrons. The molecule has 1 aliphatic heterocycles. The van der Waals surface area contributed by atoms with E-state index < -0.39 is 49.8 Å². The Labute approximate surface area is 261 Å². The van der Waals surface area contributed by atoms with Gasteiger partial charge in [-0.15, -0.1) is 0 Å².